The largest absolute Gasteiger partial charge is 0.496 e. The van der Waals surface area contributed by atoms with Crippen molar-refractivity contribution in [1.82, 2.24) is 0 Å². The third-order valence-corrected chi connectivity index (χ3v) is 6.90. The molecule has 1 aliphatic rings. The van der Waals surface area contributed by atoms with E-state index in [-0.39, 0.29) is 23.8 Å². The monoisotopic (exact) mass is 522 g/mol. The van der Waals surface area contributed by atoms with Crippen molar-refractivity contribution in [3.05, 3.63) is 130 Å². The molecular formula is C34H34O5. The van der Waals surface area contributed by atoms with Crippen molar-refractivity contribution in [2.24, 2.45) is 0 Å². The van der Waals surface area contributed by atoms with Gasteiger partial charge in [0.25, 0.3) is 0 Å². The fourth-order valence-electron chi connectivity index (χ4n) is 4.93. The van der Waals surface area contributed by atoms with Gasteiger partial charge in [0.15, 0.2) is 0 Å². The van der Waals surface area contributed by atoms with Crippen LogP contribution in [-0.2, 0) is 14.3 Å². The summed E-state index contributed by atoms with van der Waals surface area (Å²) in [5.41, 5.74) is 6.69. The Hall–Kier alpha value is -4.38. The molecule has 0 N–H and O–H groups in total. The summed E-state index contributed by atoms with van der Waals surface area (Å²) in [7, 11) is 3.06. The number of hydrogen-bond donors (Lipinski definition) is 0. The van der Waals surface area contributed by atoms with E-state index in [2.05, 4.69) is 31.2 Å². The van der Waals surface area contributed by atoms with Crippen LogP contribution in [0.2, 0.25) is 0 Å². The highest BCUT2D eigenvalue weighted by Crippen LogP contribution is 2.39. The van der Waals surface area contributed by atoms with Gasteiger partial charge in [-0.3, -0.25) is 9.59 Å². The number of ether oxygens (including phenoxy) is 3. The van der Waals surface area contributed by atoms with Crippen LogP contribution < -0.4 is 9.47 Å². The van der Waals surface area contributed by atoms with E-state index in [1.807, 2.05) is 79.7 Å². The second-order valence-corrected chi connectivity index (χ2v) is 9.67. The number of hydrogen-bond acceptors (Lipinski definition) is 5. The Morgan fingerprint density at radius 3 is 2.18 bits per heavy atom. The second kappa shape index (κ2) is 12.9. The Labute approximate surface area is 230 Å². The number of carbonyl (C=O) groups is 2. The molecule has 200 valence electrons. The predicted octanol–water partition coefficient (Wildman–Crippen LogP) is 7.13. The summed E-state index contributed by atoms with van der Waals surface area (Å²) in [6.45, 7) is 4.09. The van der Waals surface area contributed by atoms with Crippen LogP contribution in [0.1, 0.15) is 58.1 Å². The zero-order valence-corrected chi connectivity index (χ0v) is 22.8. The Morgan fingerprint density at radius 1 is 0.872 bits per heavy atom. The average molecular weight is 523 g/mol. The topological polar surface area (TPSA) is 61.8 Å². The summed E-state index contributed by atoms with van der Waals surface area (Å²) in [4.78, 5) is 23.5. The molecule has 1 heterocycles. The molecule has 2 unspecified atom stereocenters. The molecule has 5 rings (SSSR count). The van der Waals surface area contributed by atoms with E-state index in [0.29, 0.717) is 18.6 Å². The van der Waals surface area contributed by atoms with Gasteiger partial charge in [-0.1, -0.05) is 96.1 Å². The van der Waals surface area contributed by atoms with Gasteiger partial charge in [0.1, 0.15) is 11.5 Å². The highest BCUT2D eigenvalue weighted by atomic mass is 16.5. The molecule has 4 aromatic carbocycles. The van der Waals surface area contributed by atoms with Crippen molar-refractivity contribution in [3.8, 4) is 11.5 Å². The van der Waals surface area contributed by atoms with E-state index in [1.165, 1.54) is 18.2 Å². The zero-order valence-electron chi connectivity index (χ0n) is 22.8. The van der Waals surface area contributed by atoms with Crippen LogP contribution in [0.15, 0.2) is 97.1 Å². The van der Waals surface area contributed by atoms with E-state index in [1.54, 1.807) is 7.11 Å². The van der Waals surface area contributed by atoms with Gasteiger partial charge in [0.2, 0.25) is 0 Å². The minimum atomic E-state index is -0.229. The van der Waals surface area contributed by atoms with Crippen molar-refractivity contribution >= 4 is 11.9 Å². The molecule has 0 aliphatic carbocycles. The smallest absolute Gasteiger partial charge is 0.312 e. The molecule has 0 saturated heterocycles. The molecule has 0 fully saturated rings. The summed E-state index contributed by atoms with van der Waals surface area (Å²) in [6, 6.07) is 32.1. The number of aryl methyl sites for hydroxylation is 2. The first-order valence-electron chi connectivity index (χ1n) is 13.0. The molecule has 2 atom stereocenters. The fourth-order valence-corrected chi connectivity index (χ4v) is 4.93. The van der Waals surface area contributed by atoms with Crippen LogP contribution in [0.5, 0.6) is 11.5 Å². The molecule has 0 radical (unpaired) electrons. The zero-order chi connectivity index (χ0) is 27.8. The standard InChI is InChI=1S/C18H20O3.C16H14O2/c1-13-9-10-17(20-2)16(11-13)15(12-18(19)21-3)14-7-5-4-6-8-14;1-11-7-8-15-14(9-11)13(10-16(17)18-15)12-5-3-2-4-6-12/h4-11,15H,12H2,1-3H3;2-9,13H,10H2,1H3. The molecule has 0 amide bonds. The van der Waals surface area contributed by atoms with Gasteiger partial charge >= 0.3 is 11.9 Å². The molecule has 1 aliphatic heterocycles. The SMILES string of the molecule is COC(=O)CC(c1ccccc1)c1cc(C)ccc1OC.Cc1ccc2c(c1)C(c1ccccc1)CC(=O)O2. The van der Waals surface area contributed by atoms with Crippen LogP contribution in [0, 0.1) is 13.8 Å². The summed E-state index contributed by atoms with van der Waals surface area (Å²) >= 11 is 0. The predicted molar refractivity (Wildman–Crippen MR) is 152 cm³/mol. The lowest BCUT2D eigenvalue weighted by molar-refractivity contribution is -0.141. The lowest BCUT2D eigenvalue weighted by Gasteiger charge is -2.25. The molecule has 0 bridgehead atoms. The Kier molecular flexibility index (Phi) is 9.16. The van der Waals surface area contributed by atoms with Gasteiger partial charge in [-0.15, -0.1) is 0 Å². The number of carbonyl (C=O) groups excluding carboxylic acids is 2. The molecule has 0 spiro atoms. The lowest BCUT2D eigenvalue weighted by atomic mass is 9.86. The number of methoxy groups -OCH3 is 2. The van der Waals surface area contributed by atoms with Gasteiger partial charge in [0, 0.05) is 23.0 Å². The van der Waals surface area contributed by atoms with E-state index >= 15 is 0 Å². The molecule has 39 heavy (non-hydrogen) atoms. The van der Waals surface area contributed by atoms with Crippen molar-refractivity contribution in [2.75, 3.05) is 14.2 Å². The van der Waals surface area contributed by atoms with E-state index < -0.39 is 0 Å². The molecule has 5 nitrogen and oxygen atoms in total. The third kappa shape index (κ3) is 6.94. The van der Waals surface area contributed by atoms with E-state index in [9.17, 15) is 9.59 Å². The number of benzene rings is 4. The number of rotatable bonds is 6. The maximum Gasteiger partial charge on any atom is 0.312 e. The molecule has 0 aromatic heterocycles. The van der Waals surface area contributed by atoms with Crippen molar-refractivity contribution < 1.29 is 23.8 Å². The molecular weight excluding hydrogens is 488 g/mol. The third-order valence-electron chi connectivity index (χ3n) is 6.90. The Bertz CT molecular complexity index is 1410. The lowest BCUT2D eigenvalue weighted by Crippen LogP contribution is -2.21. The summed E-state index contributed by atoms with van der Waals surface area (Å²) in [5, 5.41) is 0. The molecule has 5 heteroatoms. The Morgan fingerprint density at radius 2 is 1.51 bits per heavy atom. The fraction of sp³-hybridized carbons (Fsp3) is 0.235. The van der Waals surface area contributed by atoms with Gasteiger partial charge in [-0.2, -0.15) is 0 Å². The minimum Gasteiger partial charge on any atom is -0.496 e. The summed E-state index contributed by atoms with van der Waals surface area (Å²) < 4.78 is 15.6. The highest BCUT2D eigenvalue weighted by molar-refractivity contribution is 5.77. The summed E-state index contributed by atoms with van der Waals surface area (Å²) in [6.07, 6.45) is 0.709. The van der Waals surface area contributed by atoms with Crippen LogP contribution in [0.4, 0.5) is 0 Å². The number of esters is 2. The highest BCUT2D eigenvalue weighted by Gasteiger charge is 2.28. The average Bonchev–Trinajstić information content (AvgIpc) is 2.97. The van der Waals surface area contributed by atoms with Gasteiger partial charge < -0.3 is 14.2 Å². The first-order chi connectivity index (χ1) is 18.9. The normalized spacial score (nSPS) is 14.7. The summed E-state index contributed by atoms with van der Waals surface area (Å²) in [5.74, 6) is 1.15. The van der Waals surface area contributed by atoms with Crippen molar-refractivity contribution in [1.29, 1.82) is 0 Å². The quantitative estimate of drug-likeness (QED) is 0.199. The van der Waals surface area contributed by atoms with Crippen LogP contribution in [-0.4, -0.2) is 26.2 Å². The van der Waals surface area contributed by atoms with E-state index in [0.717, 1.165) is 28.0 Å². The van der Waals surface area contributed by atoms with Crippen LogP contribution in [0.3, 0.4) is 0 Å². The van der Waals surface area contributed by atoms with Gasteiger partial charge in [0.05, 0.1) is 27.1 Å². The first-order valence-corrected chi connectivity index (χ1v) is 13.0. The van der Waals surface area contributed by atoms with Crippen LogP contribution >= 0.6 is 0 Å². The maximum atomic E-state index is 11.8. The van der Waals surface area contributed by atoms with Crippen LogP contribution in [0.25, 0.3) is 0 Å². The molecule has 4 aromatic rings. The molecule has 0 saturated carbocycles. The minimum absolute atomic E-state index is 0.0755. The van der Waals surface area contributed by atoms with E-state index in [4.69, 9.17) is 14.2 Å². The first kappa shape index (κ1) is 27.6. The van der Waals surface area contributed by atoms with Crippen molar-refractivity contribution in [3.63, 3.8) is 0 Å². The van der Waals surface area contributed by atoms with Gasteiger partial charge in [-0.25, -0.2) is 0 Å². The number of fused-ring (bicyclic) bond motifs is 1. The Balaban J connectivity index is 0.000000183. The maximum absolute atomic E-state index is 11.8. The van der Waals surface area contributed by atoms with Crippen molar-refractivity contribution in [2.45, 2.75) is 38.5 Å². The van der Waals surface area contributed by atoms with Gasteiger partial charge in [-0.05, 0) is 37.1 Å². The second-order valence-electron chi connectivity index (χ2n) is 9.67.